The maximum absolute atomic E-state index is 13.1. The first kappa shape index (κ1) is 9.80. The molecule has 0 unspecified atom stereocenters. The van der Waals surface area contributed by atoms with Crippen LogP contribution in [-0.4, -0.2) is 13.0 Å². The fourth-order valence-electron chi connectivity index (χ4n) is 0.861. The number of primary amides is 1. The third kappa shape index (κ3) is 1.89. The predicted molar refractivity (Wildman–Crippen MR) is 46.5 cm³/mol. The summed E-state index contributed by atoms with van der Waals surface area (Å²) in [6, 6.07) is 2.47. The highest BCUT2D eigenvalue weighted by Crippen LogP contribution is 2.24. The Balaban J connectivity index is 3.33. The summed E-state index contributed by atoms with van der Waals surface area (Å²) in [6.45, 7) is 0. The number of methoxy groups -OCH3 is 1. The van der Waals surface area contributed by atoms with Crippen molar-refractivity contribution in [1.82, 2.24) is 0 Å². The van der Waals surface area contributed by atoms with Crippen LogP contribution >= 0.6 is 11.6 Å². The Kier molecular flexibility index (Phi) is 2.72. The van der Waals surface area contributed by atoms with Gasteiger partial charge in [0.1, 0.15) is 5.75 Å². The van der Waals surface area contributed by atoms with Gasteiger partial charge in [-0.05, 0) is 6.07 Å². The summed E-state index contributed by atoms with van der Waals surface area (Å²) in [5.74, 6) is -1.41. The lowest BCUT2D eigenvalue weighted by atomic mass is 10.2. The minimum atomic E-state index is -0.877. The molecular weight excluding hydrogens is 197 g/mol. The SMILES string of the molecule is COc1cc(Cl)c(F)c(C(N)=O)c1. The standard InChI is InChI=1S/C8H7ClFNO2/c1-13-4-2-5(8(11)12)7(10)6(9)3-4/h2-3H,1H3,(H2,11,12). The molecule has 0 bridgehead atoms. The largest absolute Gasteiger partial charge is 0.497 e. The Morgan fingerprint density at radius 1 is 1.62 bits per heavy atom. The lowest BCUT2D eigenvalue weighted by Crippen LogP contribution is -2.13. The van der Waals surface area contributed by atoms with E-state index in [9.17, 15) is 9.18 Å². The van der Waals surface area contributed by atoms with Crippen LogP contribution in [0, 0.1) is 5.82 Å². The minimum Gasteiger partial charge on any atom is -0.497 e. The summed E-state index contributed by atoms with van der Waals surface area (Å²) >= 11 is 5.48. The molecule has 1 aromatic rings. The molecule has 1 amide bonds. The first-order valence-corrected chi connectivity index (χ1v) is 3.77. The second-order valence-corrected chi connectivity index (χ2v) is 2.74. The van der Waals surface area contributed by atoms with Crippen molar-refractivity contribution in [3.8, 4) is 5.75 Å². The number of hydrogen-bond donors (Lipinski definition) is 1. The molecule has 0 aliphatic carbocycles. The van der Waals surface area contributed by atoms with Crippen LogP contribution in [0.4, 0.5) is 4.39 Å². The van der Waals surface area contributed by atoms with Gasteiger partial charge in [0.05, 0.1) is 17.7 Å². The molecule has 3 nitrogen and oxygen atoms in total. The van der Waals surface area contributed by atoms with Crippen LogP contribution in [0.5, 0.6) is 5.75 Å². The quantitative estimate of drug-likeness (QED) is 0.794. The number of halogens is 2. The molecule has 0 aliphatic heterocycles. The van der Waals surface area contributed by atoms with E-state index in [1.54, 1.807) is 0 Å². The molecule has 0 aromatic heterocycles. The van der Waals surface area contributed by atoms with Crippen molar-refractivity contribution in [2.24, 2.45) is 5.73 Å². The van der Waals surface area contributed by atoms with Crippen LogP contribution in [0.1, 0.15) is 10.4 Å². The van der Waals surface area contributed by atoms with Crippen LogP contribution in [0.2, 0.25) is 5.02 Å². The van der Waals surface area contributed by atoms with E-state index >= 15 is 0 Å². The molecule has 0 aliphatic rings. The van der Waals surface area contributed by atoms with Crippen LogP contribution in [-0.2, 0) is 0 Å². The Bertz CT molecular complexity index is 354. The fourth-order valence-corrected chi connectivity index (χ4v) is 1.07. The van der Waals surface area contributed by atoms with E-state index < -0.39 is 11.7 Å². The molecule has 1 rings (SSSR count). The monoisotopic (exact) mass is 203 g/mol. The van der Waals surface area contributed by atoms with Gasteiger partial charge in [-0.2, -0.15) is 0 Å². The topological polar surface area (TPSA) is 52.3 Å². The maximum atomic E-state index is 13.1. The molecule has 70 valence electrons. The number of nitrogens with two attached hydrogens (primary N) is 1. The fraction of sp³-hybridized carbons (Fsp3) is 0.125. The van der Waals surface area contributed by atoms with E-state index in [2.05, 4.69) is 0 Å². The van der Waals surface area contributed by atoms with Crippen molar-refractivity contribution in [1.29, 1.82) is 0 Å². The molecule has 0 spiro atoms. The average molecular weight is 204 g/mol. The third-order valence-corrected chi connectivity index (χ3v) is 1.78. The Morgan fingerprint density at radius 3 is 2.69 bits per heavy atom. The van der Waals surface area contributed by atoms with E-state index in [1.807, 2.05) is 0 Å². The van der Waals surface area contributed by atoms with Gasteiger partial charge in [0, 0.05) is 6.07 Å². The molecule has 0 heterocycles. The maximum Gasteiger partial charge on any atom is 0.251 e. The van der Waals surface area contributed by atoms with Gasteiger partial charge in [-0.15, -0.1) is 0 Å². The molecule has 5 heteroatoms. The molecule has 0 atom stereocenters. The lowest BCUT2D eigenvalue weighted by molar-refractivity contribution is 0.0996. The Hall–Kier alpha value is -1.29. The normalized spacial score (nSPS) is 9.77. The summed E-state index contributed by atoms with van der Waals surface area (Å²) in [6.07, 6.45) is 0. The molecule has 1 aromatic carbocycles. The first-order chi connectivity index (χ1) is 6.06. The van der Waals surface area contributed by atoms with Crippen molar-refractivity contribution in [2.45, 2.75) is 0 Å². The molecule has 0 saturated heterocycles. The number of hydrogen-bond acceptors (Lipinski definition) is 2. The highest BCUT2D eigenvalue weighted by atomic mass is 35.5. The molecular formula is C8H7ClFNO2. The summed E-state index contributed by atoms with van der Waals surface area (Å²) in [7, 11) is 1.38. The van der Waals surface area contributed by atoms with Crippen molar-refractivity contribution in [2.75, 3.05) is 7.11 Å². The first-order valence-electron chi connectivity index (χ1n) is 3.39. The molecule has 13 heavy (non-hydrogen) atoms. The van der Waals surface area contributed by atoms with Gasteiger partial charge < -0.3 is 10.5 Å². The van der Waals surface area contributed by atoms with Crippen molar-refractivity contribution in [3.05, 3.63) is 28.5 Å². The van der Waals surface area contributed by atoms with Gasteiger partial charge in [-0.25, -0.2) is 4.39 Å². The number of rotatable bonds is 2. The number of carbonyl (C=O) groups excluding carboxylic acids is 1. The molecule has 0 radical (unpaired) electrons. The van der Waals surface area contributed by atoms with E-state index in [0.29, 0.717) is 5.75 Å². The number of ether oxygens (including phenoxy) is 1. The highest BCUT2D eigenvalue weighted by Gasteiger charge is 2.13. The van der Waals surface area contributed by atoms with Gasteiger partial charge in [0.2, 0.25) is 0 Å². The van der Waals surface area contributed by atoms with Gasteiger partial charge in [0.15, 0.2) is 5.82 Å². The van der Waals surface area contributed by atoms with Crippen molar-refractivity contribution < 1.29 is 13.9 Å². The highest BCUT2D eigenvalue weighted by molar-refractivity contribution is 6.31. The summed E-state index contributed by atoms with van der Waals surface area (Å²) in [5, 5.41) is -0.187. The Morgan fingerprint density at radius 2 is 2.23 bits per heavy atom. The zero-order chi connectivity index (χ0) is 10.0. The van der Waals surface area contributed by atoms with Gasteiger partial charge in [-0.1, -0.05) is 11.6 Å². The van der Waals surface area contributed by atoms with E-state index in [4.69, 9.17) is 22.1 Å². The van der Waals surface area contributed by atoms with E-state index in [0.717, 1.165) is 0 Å². The van der Waals surface area contributed by atoms with Crippen LogP contribution < -0.4 is 10.5 Å². The second-order valence-electron chi connectivity index (χ2n) is 2.34. The number of carbonyl (C=O) groups is 1. The van der Waals surface area contributed by atoms with Crippen LogP contribution in [0.25, 0.3) is 0 Å². The molecule has 0 saturated carbocycles. The van der Waals surface area contributed by atoms with E-state index in [-0.39, 0.29) is 10.6 Å². The summed E-state index contributed by atoms with van der Waals surface area (Å²) in [5.41, 5.74) is 4.64. The van der Waals surface area contributed by atoms with Gasteiger partial charge >= 0.3 is 0 Å². The van der Waals surface area contributed by atoms with Crippen molar-refractivity contribution in [3.63, 3.8) is 0 Å². The molecule has 2 N–H and O–H groups in total. The predicted octanol–water partition coefficient (Wildman–Crippen LogP) is 1.59. The average Bonchev–Trinajstić information content (AvgIpc) is 2.09. The number of amides is 1. The Labute approximate surface area is 79.2 Å². The van der Waals surface area contributed by atoms with Crippen LogP contribution in [0.3, 0.4) is 0 Å². The zero-order valence-corrected chi connectivity index (χ0v) is 7.56. The van der Waals surface area contributed by atoms with Gasteiger partial charge in [-0.3, -0.25) is 4.79 Å². The summed E-state index contributed by atoms with van der Waals surface area (Å²) in [4.78, 5) is 10.7. The lowest BCUT2D eigenvalue weighted by Gasteiger charge is -2.04. The van der Waals surface area contributed by atoms with E-state index in [1.165, 1.54) is 19.2 Å². The van der Waals surface area contributed by atoms with Crippen molar-refractivity contribution >= 4 is 17.5 Å². The minimum absolute atomic E-state index is 0.187. The van der Waals surface area contributed by atoms with Gasteiger partial charge in [0.25, 0.3) is 5.91 Å². The third-order valence-electron chi connectivity index (χ3n) is 1.50. The van der Waals surface area contributed by atoms with Crippen LogP contribution in [0.15, 0.2) is 12.1 Å². The molecule has 0 fully saturated rings. The summed E-state index contributed by atoms with van der Waals surface area (Å²) < 4.78 is 17.9. The number of benzene rings is 1. The smallest absolute Gasteiger partial charge is 0.251 e. The zero-order valence-electron chi connectivity index (χ0n) is 6.80. The second kappa shape index (κ2) is 3.62.